The maximum Gasteiger partial charge on any atom is 0.354 e. The van der Waals surface area contributed by atoms with Gasteiger partial charge in [0.1, 0.15) is 5.69 Å². The van der Waals surface area contributed by atoms with Gasteiger partial charge in [-0.05, 0) is 38.0 Å². The maximum absolute atomic E-state index is 10.7. The quantitative estimate of drug-likeness (QED) is 0.899. The smallest absolute Gasteiger partial charge is 0.354 e. The Hall–Kier alpha value is -2.17. The summed E-state index contributed by atoms with van der Waals surface area (Å²) >= 11 is 0. The summed E-state index contributed by atoms with van der Waals surface area (Å²) in [6.45, 7) is 6.07. The standard InChI is InChI=1S/C13H15N3O2/c1-4-11-8(2)15-16(9(11)3)10-5-6-12(13(17)18)14-7-10/h5-7H,4H2,1-3H3,(H,17,18). The third kappa shape index (κ3) is 1.99. The van der Waals surface area contributed by atoms with Crippen molar-refractivity contribution in [3.8, 4) is 5.69 Å². The number of aromatic nitrogens is 3. The molecule has 94 valence electrons. The number of hydrogen-bond acceptors (Lipinski definition) is 3. The van der Waals surface area contributed by atoms with Gasteiger partial charge in [-0.1, -0.05) is 6.92 Å². The highest BCUT2D eigenvalue weighted by Crippen LogP contribution is 2.17. The highest BCUT2D eigenvalue weighted by Gasteiger charge is 2.12. The van der Waals surface area contributed by atoms with Crippen LogP contribution in [0.1, 0.15) is 34.4 Å². The van der Waals surface area contributed by atoms with Crippen LogP contribution in [-0.2, 0) is 6.42 Å². The second kappa shape index (κ2) is 4.60. The first-order chi connectivity index (χ1) is 8.54. The molecule has 0 aromatic carbocycles. The van der Waals surface area contributed by atoms with Crippen LogP contribution in [0.25, 0.3) is 5.69 Å². The molecule has 0 saturated carbocycles. The maximum atomic E-state index is 10.7. The molecule has 0 fully saturated rings. The van der Waals surface area contributed by atoms with E-state index >= 15 is 0 Å². The minimum Gasteiger partial charge on any atom is -0.477 e. The van der Waals surface area contributed by atoms with Gasteiger partial charge in [0.25, 0.3) is 0 Å². The van der Waals surface area contributed by atoms with Gasteiger partial charge in [0, 0.05) is 5.69 Å². The van der Waals surface area contributed by atoms with Crippen molar-refractivity contribution in [2.24, 2.45) is 0 Å². The predicted octanol–water partition coefficient (Wildman–Crippen LogP) is 2.14. The van der Waals surface area contributed by atoms with Gasteiger partial charge in [-0.3, -0.25) is 0 Å². The van der Waals surface area contributed by atoms with E-state index in [4.69, 9.17) is 5.11 Å². The van der Waals surface area contributed by atoms with E-state index < -0.39 is 5.97 Å². The fourth-order valence-electron chi connectivity index (χ4n) is 2.08. The van der Waals surface area contributed by atoms with Crippen molar-refractivity contribution in [3.05, 3.63) is 41.0 Å². The molecule has 5 nitrogen and oxygen atoms in total. The minimum absolute atomic E-state index is 0.0380. The zero-order valence-corrected chi connectivity index (χ0v) is 10.6. The summed E-state index contributed by atoms with van der Waals surface area (Å²) in [5.41, 5.74) is 4.10. The molecule has 0 unspecified atom stereocenters. The molecule has 0 aliphatic heterocycles. The van der Waals surface area contributed by atoms with E-state index in [1.165, 1.54) is 17.8 Å². The first-order valence-corrected chi connectivity index (χ1v) is 5.79. The fourth-order valence-corrected chi connectivity index (χ4v) is 2.08. The van der Waals surface area contributed by atoms with Crippen LogP contribution in [0.15, 0.2) is 18.3 Å². The molecule has 0 atom stereocenters. The van der Waals surface area contributed by atoms with Crippen molar-refractivity contribution in [3.63, 3.8) is 0 Å². The first kappa shape index (κ1) is 12.3. The lowest BCUT2D eigenvalue weighted by Gasteiger charge is -2.04. The number of carboxylic acid groups (broad SMARTS) is 1. The molecule has 1 N–H and O–H groups in total. The number of carboxylic acids is 1. The van der Waals surface area contributed by atoms with E-state index in [0.29, 0.717) is 0 Å². The SMILES string of the molecule is CCc1c(C)nn(-c2ccc(C(=O)O)nc2)c1C. The van der Waals surface area contributed by atoms with Crippen molar-refractivity contribution in [1.82, 2.24) is 14.8 Å². The zero-order chi connectivity index (χ0) is 13.3. The molecule has 0 bridgehead atoms. The Morgan fingerprint density at radius 3 is 2.56 bits per heavy atom. The Morgan fingerprint density at radius 2 is 2.11 bits per heavy atom. The summed E-state index contributed by atoms with van der Waals surface area (Å²) in [5.74, 6) is -1.02. The monoisotopic (exact) mass is 245 g/mol. The summed E-state index contributed by atoms with van der Waals surface area (Å²) in [5, 5.41) is 13.3. The van der Waals surface area contributed by atoms with Gasteiger partial charge in [0.2, 0.25) is 0 Å². The van der Waals surface area contributed by atoms with E-state index in [1.807, 2.05) is 13.8 Å². The van der Waals surface area contributed by atoms with Crippen LogP contribution in [0.3, 0.4) is 0 Å². The van der Waals surface area contributed by atoms with Crippen molar-refractivity contribution in [2.75, 3.05) is 0 Å². The van der Waals surface area contributed by atoms with Gasteiger partial charge < -0.3 is 5.11 Å². The Kier molecular flexibility index (Phi) is 3.14. The number of nitrogens with zero attached hydrogens (tertiary/aromatic N) is 3. The lowest BCUT2D eigenvalue weighted by Crippen LogP contribution is -2.04. The third-order valence-corrected chi connectivity index (χ3v) is 3.01. The number of aromatic carboxylic acids is 1. The van der Waals surface area contributed by atoms with Crippen LogP contribution >= 0.6 is 0 Å². The lowest BCUT2D eigenvalue weighted by atomic mass is 10.1. The van der Waals surface area contributed by atoms with Gasteiger partial charge in [-0.25, -0.2) is 14.5 Å². The molecule has 0 spiro atoms. The van der Waals surface area contributed by atoms with Crippen molar-refractivity contribution in [1.29, 1.82) is 0 Å². The van der Waals surface area contributed by atoms with Crippen LogP contribution in [0, 0.1) is 13.8 Å². The molecular weight excluding hydrogens is 230 g/mol. The van der Waals surface area contributed by atoms with Crippen molar-refractivity contribution < 1.29 is 9.90 Å². The van der Waals surface area contributed by atoms with E-state index in [1.54, 1.807) is 10.7 Å². The van der Waals surface area contributed by atoms with Crippen LogP contribution in [0.5, 0.6) is 0 Å². The Morgan fingerprint density at radius 1 is 1.39 bits per heavy atom. The second-order valence-corrected chi connectivity index (χ2v) is 4.12. The molecule has 2 aromatic heterocycles. The number of carbonyl (C=O) groups is 1. The molecule has 2 rings (SSSR count). The molecule has 5 heteroatoms. The molecule has 0 aliphatic rings. The van der Waals surface area contributed by atoms with Gasteiger partial charge in [-0.15, -0.1) is 0 Å². The first-order valence-electron chi connectivity index (χ1n) is 5.79. The van der Waals surface area contributed by atoms with Crippen LogP contribution in [0.2, 0.25) is 0 Å². The van der Waals surface area contributed by atoms with Crippen LogP contribution < -0.4 is 0 Å². The summed E-state index contributed by atoms with van der Waals surface area (Å²) < 4.78 is 1.80. The van der Waals surface area contributed by atoms with Crippen molar-refractivity contribution in [2.45, 2.75) is 27.2 Å². The normalized spacial score (nSPS) is 10.6. The van der Waals surface area contributed by atoms with E-state index in [0.717, 1.165) is 23.5 Å². The largest absolute Gasteiger partial charge is 0.477 e. The molecule has 0 aliphatic carbocycles. The molecule has 2 aromatic rings. The van der Waals surface area contributed by atoms with E-state index in [2.05, 4.69) is 17.0 Å². The number of hydrogen-bond donors (Lipinski definition) is 1. The Balaban J connectivity index is 2.46. The summed E-state index contributed by atoms with van der Waals surface area (Å²) in [6.07, 6.45) is 2.46. The van der Waals surface area contributed by atoms with E-state index in [9.17, 15) is 4.79 Å². The minimum atomic E-state index is -1.02. The summed E-state index contributed by atoms with van der Waals surface area (Å²) in [4.78, 5) is 14.6. The van der Waals surface area contributed by atoms with Crippen LogP contribution in [-0.4, -0.2) is 25.8 Å². The zero-order valence-electron chi connectivity index (χ0n) is 10.6. The van der Waals surface area contributed by atoms with Gasteiger partial charge >= 0.3 is 5.97 Å². The van der Waals surface area contributed by atoms with Gasteiger partial charge in [0.05, 0.1) is 17.6 Å². The average Bonchev–Trinajstić information content (AvgIpc) is 2.64. The number of aryl methyl sites for hydroxylation is 1. The summed E-state index contributed by atoms with van der Waals surface area (Å²) in [6, 6.07) is 3.20. The molecule has 0 radical (unpaired) electrons. The number of pyridine rings is 1. The number of rotatable bonds is 3. The molecular formula is C13H15N3O2. The third-order valence-electron chi connectivity index (χ3n) is 3.01. The van der Waals surface area contributed by atoms with Crippen LogP contribution in [0.4, 0.5) is 0 Å². The molecule has 0 amide bonds. The topological polar surface area (TPSA) is 68.0 Å². The predicted molar refractivity (Wildman–Crippen MR) is 67.2 cm³/mol. The molecule has 2 heterocycles. The summed E-state index contributed by atoms with van der Waals surface area (Å²) in [7, 11) is 0. The Labute approximate surface area is 105 Å². The van der Waals surface area contributed by atoms with Crippen molar-refractivity contribution >= 4 is 5.97 Å². The highest BCUT2D eigenvalue weighted by atomic mass is 16.4. The highest BCUT2D eigenvalue weighted by molar-refractivity contribution is 5.85. The van der Waals surface area contributed by atoms with Gasteiger partial charge in [-0.2, -0.15) is 5.10 Å². The Bertz CT molecular complexity index is 585. The lowest BCUT2D eigenvalue weighted by molar-refractivity contribution is 0.0690. The fraction of sp³-hybridized carbons (Fsp3) is 0.308. The molecule has 0 saturated heterocycles. The molecule has 18 heavy (non-hydrogen) atoms. The van der Waals surface area contributed by atoms with Gasteiger partial charge in [0.15, 0.2) is 0 Å². The average molecular weight is 245 g/mol. The van der Waals surface area contributed by atoms with E-state index in [-0.39, 0.29) is 5.69 Å². The second-order valence-electron chi connectivity index (χ2n) is 4.12.